The van der Waals surface area contributed by atoms with Gasteiger partial charge in [-0.3, -0.25) is 10.1 Å². The van der Waals surface area contributed by atoms with Crippen LogP contribution in [0.4, 0.5) is 10.1 Å². The van der Waals surface area contributed by atoms with Crippen molar-refractivity contribution in [2.24, 2.45) is 0 Å². The molecule has 0 aliphatic carbocycles. The zero-order valence-corrected chi connectivity index (χ0v) is 11.8. The second-order valence-electron chi connectivity index (χ2n) is 3.95. The molecule has 108 valence electrons. The second-order valence-corrected chi connectivity index (χ2v) is 4.87. The van der Waals surface area contributed by atoms with Crippen molar-refractivity contribution in [1.82, 2.24) is 0 Å². The molecule has 2 rings (SSSR count). The zero-order chi connectivity index (χ0) is 15.6. The Morgan fingerprint density at radius 1 is 1.29 bits per heavy atom. The van der Waals surface area contributed by atoms with Crippen LogP contribution >= 0.6 is 15.9 Å². The summed E-state index contributed by atoms with van der Waals surface area (Å²) >= 11 is 3.09. The molecule has 1 N–H and O–H groups in total. The maximum absolute atomic E-state index is 13.1. The number of nitro benzene ring substituents is 1. The van der Waals surface area contributed by atoms with Gasteiger partial charge in [0.1, 0.15) is 22.9 Å². The van der Waals surface area contributed by atoms with Gasteiger partial charge in [0.05, 0.1) is 11.0 Å². The van der Waals surface area contributed by atoms with Crippen LogP contribution in [0.1, 0.15) is 10.4 Å². The number of hydrogen-bond donors (Lipinski definition) is 1. The first kappa shape index (κ1) is 14.9. The van der Waals surface area contributed by atoms with E-state index in [9.17, 15) is 19.3 Å². The predicted octanol–water partition coefficient (Wildman–Crippen LogP) is 3.99. The summed E-state index contributed by atoms with van der Waals surface area (Å²) in [6, 6.07) is 6.83. The summed E-state index contributed by atoms with van der Waals surface area (Å²) < 4.78 is 18.8. The van der Waals surface area contributed by atoms with E-state index >= 15 is 0 Å². The number of aromatic carboxylic acids is 1. The zero-order valence-electron chi connectivity index (χ0n) is 10.2. The van der Waals surface area contributed by atoms with Gasteiger partial charge >= 0.3 is 5.97 Å². The molecule has 0 aliphatic rings. The molecule has 8 heteroatoms. The lowest BCUT2D eigenvalue weighted by Gasteiger charge is -2.09. The average Bonchev–Trinajstić information content (AvgIpc) is 2.40. The number of carboxylic acid groups (broad SMARTS) is 1. The highest BCUT2D eigenvalue weighted by Gasteiger charge is 2.15. The summed E-state index contributed by atoms with van der Waals surface area (Å²) in [5.41, 5.74) is -0.601. The molecule has 0 bridgehead atoms. The molecule has 0 aliphatic heterocycles. The van der Waals surface area contributed by atoms with Crippen LogP contribution in [-0.4, -0.2) is 16.0 Å². The van der Waals surface area contributed by atoms with E-state index in [-0.39, 0.29) is 22.7 Å². The van der Waals surface area contributed by atoms with E-state index in [1.807, 2.05) is 0 Å². The van der Waals surface area contributed by atoms with Crippen LogP contribution in [-0.2, 0) is 0 Å². The minimum absolute atomic E-state index is 0.0604. The Labute approximate surface area is 126 Å². The highest BCUT2D eigenvalue weighted by Crippen LogP contribution is 2.31. The third-order valence-corrected chi connectivity index (χ3v) is 2.92. The summed E-state index contributed by atoms with van der Waals surface area (Å²) in [6.07, 6.45) is 0. The van der Waals surface area contributed by atoms with Crippen LogP contribution in [0.3, 0.4) is 0 Å². The molecular weight excluding hydrogens is 349 g/mol. The van der Waals surface area contributed by atoms with E-state index in [4.69, 9.17) is 9.84 Å². The van der Waals surface area contributed by atoms with Gasteiger partial charge < -0.3 is 9.84 Å². The maximum atomic E-state index is 13.1. The fourth-order valence-electron chi connectivity index (χ4n) is 1.60. The molecule has 21 heavy (non-hydrogen) atoms. The van der Waals surface area contributed by atoms with E-state index in [0.717, 1.165) is 24.3 Å². The van der Waals surface area contributed by atoms with E-state index < -0.39 is 16.7 Å². The van der Waals surface area contributed by atoms with Crippen LogP contribution in [0.25, 0.3) is 0 Å². The predicted molar refractivity (Wildman–Crippen MR) is 74.2 cm³/mol. The molecular formula is C13H7BrFNO5. The number of hydrogen-bond acceptors (Lipinski definition) is 4. The molecule has 0 fully saturated rings. The van der Waals surface area contributed by atoms with Gasteiger partial charge in [0.15, 0.2) is 0 Å². The van der Waals surface area contributed by atoms with Crippen LogP contribution < -0.4 is 4.74 Å². The van der Waals surface area contributed by atoms with Crippen LogP contribution in [0, 0.1) is 15.9 Å². The molecule has 0 aromatic heterocycles. The Balaban J connectivity index is 2.43. The molecule has 2 aromatic rings. The van der Waals surface area contributed by atoms with Crippen molar-refractivity contribution in [3.63, 3.8) is 0 Å². The Morgan fingerprint density at radius 3 is 2.62 bits per heavy atom. The number of ether oxygens (including phenoxy) is 1. The number of halogens is 2. The second kappa shape index (κ2) is 5.88. The Hall–Kier alpha value is -2.48. The molecule has 0 saturated carbocycles. The number of carboxylic acids is 1. The number of nitro groups is 1. The summed E-state index contributed by atoms with van der Waals surface area (Å²) in [6.45, 7) is 0. The third kappa shape index (κ3) is 3.54. The number of carbonyl (C=O) groups is 1. The highest BCUT2D eigenvalue weighted by molar-refractivity contribution is 9.10. The van der Waals surface area contributed by atoms with Gasteiger partial charge in [-0.05, 0) is 24.3 Å². The lowest BCUT2D eigenvalue weighted by atomic mass is 10.2. The molecule has 0 heterocycles. The Morgan fingerprint density at radius 2 is 2.00 bits per heavy atom. The summed E-state index contributed by atoms with van der Waals surface area (Å²) in [5, 5.41) is 19.8. The normalized spacial score (nSPS) is 10.2. The first-order valence-corrected chi connectivity index (χ1v) is 6.32. The average molecular weight is 356 g/mol. The first-order valence-electron chi connectivity index (χ1n) is 5.52. The number of benzene rings is 2. The molecule has 0 saturated heterocycles. The van der Waals surface area contributed by atoms with Gasteiger partial charge in [0.25, 0.3) is 5.69 Å². The van der Waals surface area contributed by atoms with E-state index in [1.54, 1.807) is 0 Å². The van der Waals surface area contributed by atoms with Crippen molar-refractivity contribution in [1.29, 1.82) is 0 Å². The van der Waals surface area contributed by atoms with Crippen molar-refractivity contribution in [3.05, 3.63) is 62.4 Å². The Kier molecular flexibility index (Phi) is 4.18. The van der Waals surface area contributed by atoms with Gasteiger partial charge in [-0.2, -0.15) is 0 Å². The molecule has 0 radical (unpaired) electrons. The van der Waals surface area contributed by atoms with Gasteiger partial charge in [0, 0.05) is 10.5 Å². The molecule has 0 atom stereocenters. The van der Waals surface area contributed by atoms with Gasteiger partial charge in [0.2, 0.25) is 0 Å². The molecule has 0 unspecified atom stereocenters. The van der Waals surface area contributed by atoms with Crippen molar-refractivity contribution in [2.75, 3.05) is 0 Å². The minimum atomic E-state index is -1.37. The van der Waals surface area contributed by atoms with Gasteiger partial charge in [-0.25, -0.2) is 9.18 Å². The number of rotatable bonds is 4. The fourth-order valence-corrected chi connectivity index (χ4v) is 2.06. The molecule has 6 nitrogen and oxygen atoms in total. The van der Waals surface area contributed by atoms with Crippen molar-refractivity contribution < 1.29 is 24.0 Å². The van der Waals surface area contributed by atoms with Gasteiger partial charge in [-0.15, -0.1) is 0 Å². The smallest absolute Gasteiger partial charge is 0.339 e. The summed E-state index contributed by atoms with van der Waals surface area (Å²) in [7, 11) is 0. The fraction of sp³-hybridized carbons (Fsp3) is 0. The lowest BCUT2D eigenvalue weighted by molar-refractivity contribution is -0.385. The molecule has 0 amide bonds. The highest BCUT2D eigenvalue weighted by atomic mass is 79.9. The van der Waals surface area contributed by atoms with E-state index in [2.05, 4.69) is 15.9 Å². The maximum Gasteiger partial charge on any atom is 0.339 e. The molecule has 0 spiro atoms. The third-order valence-electron chi connectivity index (χ3n) is 2.47. The summed E-state index contributed by atoms with van der Waals surface area (Å²) in [5.74, 6) is -2.14. The quantitative estimate of drug-likeness (QED) is 0.661. The SMILES string of the molecule is O=C(O)c1cc(F)ccc1Oc1cc(Br)cc([N+](=O)[O-])c1. The topological polar surface area (TPSA) is 89.7 Å². The first-order chi connectivity index (χ1) is 9.86. The van der Waals surface area contributed by atoms with Crippen LogP contribution in [0.5, 0.6) is 11.5 Å². The van der Waals surface area contributed by atoms with Crippen molar-refractivity contribution >= 4 is 27.6 Å². The minimum Gasteiger partial charge on any atom is -0.478 e. The summed E-state index contributed by atoms with van der Waals surface area (Å²) in [4.78, 5) is 21.2. The van der Waals surface area contributed by atoms with Crippen LogP contribution in [0.2, 0.25) is 0 Å². The largest absolute Gasteiger partial charge is 0.478 e. The lowest BCUT2D eigenvalue weighted by Crippen LogP contribution is -2.01. The van der Waals surface area contributed by atoms with Crippen molar-refractivity contribution in [3.8, 4) is 11.5 Å². The van der Waals surface area contributed by atoms with E-state index in [1.165, 1.54) is 12.1 Å². The standard InChI is InChI=1S/C13H7BrFNO5/c14-7-3-9(16(19)20)6-10(4-7)21-12-2-1-8(15)5-11(12)13(17)18/h1-6H,(H,17,18). The van der Waals surface area contributed by atoms with E-state index in [0.29, 0.717) is 4.47 Å². The Bertz CT molecular complexity index is 734. The van der Waals surface area contributed by atoms with Gasteiger partial charge in [-0.1, -0.05) is 15.9 Å². The van der Waals surface area contributed by atoms with Crippen molar-refractivity contribution in [2.45, 2.75) is 0 Å². The number of nitrogens with zero attached hydrogens (tertiary/aromatic N) is 1. The van der Waals surface area contributed by atoms with Crippen LogP contribution in [0.15, 0.2) is 40.9 Å². The number of non-ortho nitro benzene ring substituents is 1. The monoisotopic (exact) mass is 355 g/mol. The molecule has 2 aromatic carbocycles.